The summed E-state index contributed by atoms with van der Waals surface area (Å²) in [6, 6.07) is 0. The number of rotatable bonds is 62. The number of esters is 4. The second-order valence-corrected chi connectivity index (χ2v) is 27.5. The maximum absolute atomic E-state index is 13.0. The number of ether oxygens (including phenoxy) is 4. The molecule has 0 aliphatic carbocycles. The number of aliphatic hydroxyl groups is 1. The fourth-order valence-corrected chi connectivity index (χ4v) is 11.1. The summed E-state index contributed by atoms with van der Waals surface area (Å²) in [6.07, 6.45) is 36.6. The third-order valence-corrected chi connectivity index (χ3v) is 16.5. The van der Waals surface area contributed by atoms with E-state index in [1.807, 2.05) is 0 Å². The van der Waals surface area contributed by atoms with Crippen LogP contribution in [0.4, 0.5) is 0 Å². The molecule has 17 nitrogen and oxygen atoms in total. The lowest BCUT2D eigenvalue weighted by atomic mass is 10.0. The Bertz CT molecular complexity index is 1650. The molecular weight excluding hydrogens is 1100 g/mol. The highest BCUT2D eigenvalue weighted by Crippen LogP contribution is 2.45. The van der Waals surface area contributed by atoms with Crippen LogP contribution in [0.5, 0.6) is 0 Å². The Kier molecular flexibility index (Phi) is 54.1. The predicted molar refractivity (Wildman–Crippen MR) is 331 cm³/mol. The number of unbranched alkanes of at least 4 members (excludes halogenated alkanes) is 30. The van der Waals surface area contributed by atoms with Crippen LogP contribution in [-0.2, 0) is 65.4 Å². The molecular formula is C64H124O17P2. The Hall–Kier alpha value is -1.94. The zero-order chi connectivity index (χ0) is 61.7. The van der Waals surface area contributed by atoms with Crippen LogP contribution in [0.2, 0.25) is 0 Å². The number of hydrogen-bond acceptors (Lipinski definition) is 15. The Morgan fingerprint density at radius 1 is 0.325 bits per heavy atom. The number of carbonyl (C=O) groups excluding carboxylic acids is 4. The molecule has 0 aromatic heterocycles. The van der Waals surface area contributed by atoms with Gasteiger partial charge in [0.1, 0.15) is 19.3 Å². The van der Waals surface area contributed by atoms with Crippen molar-refractivity contribution in [1.29, 1.82) is 0 Å². The van der Waals surface area contributed by atoms with E-state index in [1.165, 1.54) is 116 Å². The van der Waals surface area contributed by atoms with E-state index in [9.17, 15) is 43.2 Å². The molecule has 0 rings (SSSR count). The summed E-state index contributed by atoms with van der Waals surface area (Å²) >= 11 is 0. The maximum Gasteiger partial charge on any atom is 0.472 e. The molecule has 0 radical (unpaired) electrons. The molecule has 0 aromatic carbocycles. The van der Waals surface area contributed by atoms with Crippen LogP contribution in [-0.4, -0.2) is 96.7 Å². The monoisotopic (exact) mass is 1230 g/mol. The molecule has 0 amide bonds. The van der Waals surface area contributed by atoms with E-state index in [2.05, 4.69) is 48.5 Å². The summed E-state index contributed by atoms with van der Waals surface area (Å²) in [5, 5.41) is 10.5. The van der Waals surface area contributed by atoms with Crippen LogP contribution < -0.4 is 0 Å². The van der Waals surface area contributed by atoms with E-state index in [-0.39, 0.29) is 25.7 Å². The van der Waals surface area contributed by atoms with Gasteiger partial charge in [0.25, 0.3) is 0 Å². The molecule has 0 spiro atoms. The van der Waals surface area contributed by atoms with Gasteiger partial charge in [-0.25, -0.2) is 9.13 Å². The molecule has 0 fully saturated rings. The van der Waals surface area contributed by atoms with E-state index in [1.54, 1.807) is 0 Å². The van der Waals surface area contributed by atoms with Crippen molar-refractivity contribution in [1.82, 2.24) is 0 Å². The predicted octanol–water partition coefficient (Wildman–Crippen LogP) is 17.5. The lowest BCUT2D eigenvalue weighted by molar-refractivity contribution is -0.161. The van der Waals surface area contributed by atoms with Crippen LogP contribution in [0, 0.1) is 17.8 Å². The molecule has 2 unspecified atom stereocenters. The standard InChI is InChI=1S/C64H124O17P2/c1-8-9-10-28-38-45-61(66)74-51-59(80-64(69)48-41-34-27-21-20-24-31-37-44-57(6)7)53-78-82(70,71)76-49-58(65)50-77-83(72,73)79-54-60(52-75-62(67)46-39-32-25-18-15-14-17-23-30-36-43-56(4)5)81-63(68)47-40-33-26-19-13-11-12-16-22-29-35-42-55(2)3/h55-60,65H,8-54H2,1-7H3,(H,70,71)(H,72,73)/t58-,59+,60+/m0/s1. The van der Waals surface area contributed by atoms with Crippen molar-refractivity contribution >= 4 is 39.5 Å². The van der Waals surface area contributed by atoms with E-state index in [0.29, 0.717) is 25.7 Å². The first-order chi connectivity index (χ1) is 39.7. The van der Waals surface area contributed by atoms with E-state index >= 15 is 0 Å². The lowest BCUT2D eigenvalue weighted by Gasteiger charge is -2.21. The molecule has 492 valence electrons. The molecule has 3 N–H and O–H groups in total. The first kappa shape index (κ1) is 81.1. The fourth-order valence-electron chi connectivity index (χ4n) is 9.48. The van der Waals surface area contributed by atoms with E-state index in [0.717, 1.165) is 114 Å². The quantitative estimate of drug-likeness (QED) is 0.0222. The van der Waals surface area contributed by atoms with Gasteiger partial charge in [0, 0.05) is 25.7 Å². The summed E-state index contributed by atoms with van der Waals surface area (Å²) in [6.45, 7) is 11.7. The van der Waals surface area contributed by atoms with Crippen molar-refractivity contribution < 1.29 is 80.2 Å². The third kappa shape index (κ3) is 58.8. The van der Waals surface area contributed by atoms with Crippen LogP contribution in [0.25, 0.3) is 0 Å². The smallest absolute Gasteiger partial charge is 0.462 e. The number of phosphoric acid groups is 2. The van der Waals surface area contributed by atoms with Crippen molar-refractivity contribution in [3.63, 3.8) is 0 Å². The van der Waals surface area contributed by atoms with Crippen molar-refractivity contribution in [2.45, 2.75) is 330 Å². The second-order valence-electron chi connectivity index (χ2n) is 24.6. The van der Waals surface area contributed by atoms with Crippen LogP contribution in [0.15, 0.2) is 0 Å². The summed E-state index contributed by atoms with van der Waals surface area (Å²) in [5.41, 5.74) is 0. The summed E-state index contributed by atoms with van der Waals surface area (Å²) in [5.74, 6) is 0.0957. The number of phosphoric ester groups is 2. The molecule has 5 atom stereocenters. The SMILES string of the molecule is CCCCCCCC(=O)OC[C@H](COP(=O)(O)OC[C@H](O)COP(=O)(O)OC[C@@H](COC(=O)CCCCCCCCCCCCC(C)C)OC(=O)CCCCCCCCCCCCCC(C)C)OC(=O)CCCCCCCCCCC(C)C. The first-order valence-corrected chi connectivity index (χ1v) is 36.3. The average molecular weight is 1230 g/mol. The molecule has 0 aliphatic heterocycles. The molecule has 0 saturated carbocycles. The van der Waals surface area contributed by atoms with Gasteiger partial charge in [0.05, 0.1) is 26.4 Å². The maximum atomic E-state index is 13.0. The topological polar surface area (TPSA) is 237 Å². The van der Waals surface area contributed by atoms with Gasteiger partial charge in [-0.05, 0) is 43.4 Å². The second kappa shape index (κ2) is 55.4. The minimum Gasteiger partial charge on any atom is -0.462 e. The molecule has 0 heterocycles. The highest BCUT2D eigenvalue weighted by molar-refractivity contribution is 7.47. The Balaban J connectivity index is 5.19. The van der Waals surface area contributed by atoms with Crippen molar-refractivity contribution in [3.8, 4) is 0 Å². The fraction of sp³-hybridized carbons (Fsp3) is 0.938. The van der Waals surface area contributed by atoms with Gasteiger partial charge in [-0.2, -0.15) is 0 Å². The number of hydrogen-bond donors (Lipinski definition) is 3. The largest absolute Gasteiger partial charge is 0.472 e. The molecule has 83 heavy (non-hydrogen) atoms. The Morgan fingerprint density at radius 3 is 0.819 bits per heavy atom. The molecule has 0 bridgehead atoms. The summed E-state index contributed by atoms with van der Waals surface area (Å²) < 4.78 is 67.8. The van der Waals surface area contributed by atoms with Gasteiger partial charge in [-0.1, -0.05) is 260 Å². The van der Waals surface area contributed by atoms with Crippen molar-refractivity contribution in [2.75, 3.05) is 39.6 Å². The van der Waals surface area contributed by atoms with Crippen LogP contribution >= 0.6 is 15.6 Å². The van der Waals surface area contributed by atoms with Gasteiger partial charge >= 0.3 is 39.5 Å². The van der Waals surface area contributed by atoms with Gasteiger partial charge in [0.15, 0.2) is 12.2 Å². The van der Waals surface area contributed by atoms with Gasteiger partial charge in [-0.3, -0.25) is 37.3 Å². The van der Waals surface area contributed by atoms with E-state index < -0.39 is 97.5 Å². The van der Waals surface area contributed by atoms with Crippen molar-refractivity contribution in [3.05, 3.63) is 0 Å². The average Bonchev–Trinajstić information content (AvgIpc) is 3.44. The number of aliphatic hydroxyl groups excluding tert-OH is 1. The molecule has 0 aliphatic rings. The lowest BCUT2D eigenvalue weighted by Crippen LogP contribution is -2.30. The van der Waals surface area contributed by atoms with Gasteiger partial charge in [0.2, 0.25) is 0 Å². The van der Waals surface area contributed by atoms with Crippen LogP contribution in [0.1, 0.15) is 312 Å². The van der Waals surface area contributed by atoms with Gasteiger partial charge < -0.3 is 33.8 Å². The molecule has 19 heteroatoms. The first-order valence-electron chi connectivity index (χ1n) is 33.3. The highest BCUT2D eigenvalue weighted by atomic mass is 31.2. The summed E-state index contributed by atoms with van der Waals surface area (Å²) in [4.78, 5) is 72.0. The Labute approximate surface area is 505 Å². The normalized spacial score (nSPS) is 14.4. The zero-order valence-corrected chi connectivity index (χ0v) is 55.4. The van der Waals surface area contributed by atoms with E-state index in [4.69, 9.17) is 37.0 Å². The van der Waals surface area contributed by atoms with Crippen molar-refractivity contribution in [2.24, 2.45) is 17.8 Å². The third-order valence-electron chi connectivity index (χ3n) is 14.6. The zero-order valence-electron chi connectivity index (χ0n) is 53.6. The molecule has 0 saturated heterocycles. The number of carbonyl (C=O) groups is 4. The minimum absolute atomic E-state index is 0.103. The molecule has 0 aromatic rings. The Morgan fingerprint density at radius 2 is 0.554 bits per heavy atom. The highest BCUT2D eigenvalue weighted by Gasteiger charge is 2.30. The summed E-state index contributed by atoms with van der Waals surface area (Å²) in [7, 11) is -9.88. The van der Waals surface area contributed by atoms with Crippen LogP contribution in [0.3, 0.4) is 0 Å². The minimum atomic E-state index is -4.94. The van der Waals surface area contributed by atoms with Gasteiger partial charge in [-0.15, -0.1) is 0 Å².